The van der Waals surface area contributed by atoms with Crippen molar-refractivity contribution in [2.24, 2.45) is 16.6 Å². The van der Waals surface area contributed by atoms with Gasteiger partial charge in [0.15, 0.2) is 5.96 Å². The minimum absolute atomic E-state index is 0.215. The molecule has 7 heteroatoms. The molecule has 24 heavy (non-hydrogen) atoms. The molecule has 6 nitrogen and oxygen atoms in total. The highest BCUT2D eigenvalue weighted by molar-refractivity contribution is 7.09. The van der Waals surface area contributed by atoms with Crippen LogP contribution in [0.4, 0.5) is 0 Å². The highest BCUT2D eigenvalue weighted by Gasteiger charge is 2.23. The number of hydrogen-bond acceptors (Lipinski definition) is 4. The molecular weight excluding hydrogens is 322 g/mol. The Bertz CT molecular complexity index is 569. The van der Waals surface area contributed by atoms with Crippen molar-refractivity contribution < 1.29 is 4.79 Å². The number of nitrogens with two attached hydrogens (primary N) is 1. The summed E-state index contributed by atoms with van der Waals surface area (Å²) < 4.78 is 0. The number of thiazole rings is 1. The predicted molar refractivity (Wildman–Crippen MR) is 99.1 cm³/mol. The SMILES string of the molecule is CCNC(=NCc1csc(C(C)C)n1)N1CCCC(CC(N)=O)C1. The van der Waals surface area contributed by atoms with Crippen molar-refractivity contribution >= 4 is 23.2 Å². The number of guanidine groups is 1. The first-order chi connectivity index (χ1) is 11.5. The number of piperidine rings is 1. The van der Waals surface area contributed by atoms with Crippen molar-refractivity contribution in [2.75, 3.05) is 19.6 Å². The zero-order valence-electron chi connectivity index (χ0n) is 14.9. The Hall–Kier alpha value is -1.63. The molecule has 0 radical (unpaired) electrons. The molecule has 3 N–H and O–H groups in total. The molecule has 134 valence electrons. The van der Waals surface area contributed by atoms with Gasteiger partial charge in [0.2, 0.25) is 5.91 Å². The summed E-state index contributed by atoms with van der Waals surface area (Å²) >= 11 is 1.70. The molecule has 1 aromatic heterocycles. The second kappa shape index (κ2) is 9.01. The van der Waals surface area contributed by atoms with Crippen LogP contribution in [0.3, 0.4) is 0 Å². The third kappa shape index (κ3) is 5.47. The topological polar surface area (TPSA) is 83.6 Å². The number of aliphatic imine (C=N–C) groups is 1. The lowest BCUT2D eigenvalue weighted by atomic mass is 9.95. The number of carbonyl (C=O) groups excluding carboxylic acids is 1. The first-order valence-electron chi connectivity index (χ1n) is 8.75. The fourth-order valence-electron chi connectivity index (χ4n) is 2.95. The summed E-state index contributed by atoms with van der Waals surface area (Å²) in [5.74, 6) is 1.47. The van der Waals surface area contributed by atoms with Crippen LogP contribution in [0.15, 0.2) is 10.4 Å². The molecular formula is C17H29N5OS. The van der Waals surface area contributed by atoms with Crippen LogP contribution in [0.2, 0.25) is 0 Å². The van der Waals surface area contributed by atoms with E-state index in [0.717, 1.165) is 49.1 Å². The summed E-state index contributed by atoms with van der Waals surface area (Å²) in [4.78, 5) is 22.8. The zero-order valence-corrected chi connectivity index (χ0v) is 15.7. The molecule has 1 amide bonds. The minimum atomic E-state index is -0.215. The van der Waals surface area contributed by atoms with Crippen LogP contribution in [0.25, 0.3) is 0 Å². The number of aromatic nitrogens is 1. The van der Waals surface area contributed by atoms with Crippen molar-refractivity contribution in [3.8, 4) is 0 Å². The molecule has 1 saturated heterocycles. The lowest BCUT2D eigenvalue weighted by Gasteiger charge is -2.34. The van der Waals surface area contributed by atoms with E-state index in [4.69, 9.17) is 10.7 Å². The molecule has 1 aliphatic heterocycles. The van der Waals surface area contributed by atoms with Gasteiger partial charge in [0.1, 0.15) is 0 Å². The Morgan fingerprint density at radius 1 is 1.58 bits per heavy atom. The van der Waals surface area contributed by atoms with E-state index >= 15 is 0 Å². The molecule has 1 aliphatic rings. The molecule has 0 saturated carbocycles. The summed E-state index contributed by atoms with van der Waals surface area (Å²) in [7, 11) is 0. The predicted octanol–water partition coefficient (Wildman–Crippen LogP) is 2.32. The Morgan fingerprint density at radius 3 is 3.00 bits per heavy atom. The van der Waals surface area contributed by atoms with Gasteiger partial charge >= 0.3 is 0 Å². The van der Waals surface area contributed by atoms with Crippen molar-refractivity contribution in [3.05, 3.63) is 16.1 Å². The minimum Gasteiger partial charge on any atom is -0.370 e. The Morgan fingerprint density at radius 2 is 2.38 bits per heavy atom. The average Bonchev–Trinajstić information content (AvgIpc) is 3.00. The molecule has 1 aromatic rings. The van der Waals surface area contributed by atoms with Gasteiger partial charge in [-0.2, -0.15) is 0 Å². The molecule has 0 spiro atoms. The molecule has 1 atom stereocenters. The van der Waals surface area contributed by atoms with Gasteiger partial charge in [-0.3, -0.25) is 4.79 Å². The molecule has 1 fully saturated rings. The van der Waals surface area contributed by atoms with Gasteiger partial charge in [-0.25, -0.2) is 9.98 Å². The van der Waals surface area contributed by atoms with Gasteiger partial charge in [-0.05, 0) is 25.7 Å². The summed E-state index contributed by atoms with van der Waals surface area (Å²) in [6.07, 6.45) is 2.58. The largest absolute Gasteiger partial charge is 0.370 e. The second-order valence-electron chi connectivity index (χ2n) is 6.63. The maximum atomic E-state index is 11.2. The fraction of sp³-hybridized carbons (Fsp3) is 0.706. The quantitative estimate of drug-likeness (QED) is 0.608. The molecule has 0 aromatic carbocycles. The van der Waals surface area contributed by atoms with Crippen LogP contribution < -0.4 is 11.1 Å². The summed E-state index contributed by atoms with van der Waals surface area (Å²) in [5.41, 5.74) is 6.37. The number of nitrogens with zero attached hydrogens (tertiary/aromatic N) is 3. The van der Waals surface area contributed by atoms with E-state index in [2.05, 4.69) is 41.4 Å². The van der Waals surface area contributed by atoms with Crippen LogP contribution in [0.1, 0.15) is 56.7 Å². The van der Waals surface area contributed by atoms with E-state index in [9.17, 15) is 4.79 Å². The smallest absolute Gasteiger partial charge is 0.217 e. The van der Waals surface area contributed by atoms with Gasteiger partial charge in [-0.1, -0.05) is 13.8 Å². The molecule has 0 aliphatic carbocycles. The van der Waals surface area contributed by atoms with E-state index in [1.54, 1.807) is 11.3 Å². The Kier molecular flexibility index (Phi) is 7.02. The summed E-state index contributed by atoms with van der Waals surface area (Å²) in [5, 5.41) is 6.61. The maximum Gasteiger partial charge on any atom is 0.217 e. The van der Waals surface area contributed by atoms with Crippen molar-refractivity contribution in [3.63, 3.8) is 0 Å². The van der Waals surface area contributed by atoms with Crippen LogP contribution >= 0.6 is 11.3 Å². The highest BCUT2D eigenvalue weighted by Crippen LogP contribution is 2.21. The third-order valence-corrected chi connectivity index (χ3v) is 5.29. The third-order valence-electron chi connectivity index (χ3n) is 4.10. The van der Waals surface area contributed by atoms with Crippen LogP contribution in [-0.4, -0.2) is 41.4 Å². The second-order valence-corrected chi connectivity index (χ2v) is 7.52. The molecule has 0 bridgehead atoms. The highest BCUT2D eigenvalue weighted by atomic mass is 32.1. The van der Waals surface area contributed by atoms with Gasteiger partial charge in [0, 0.05) is 37.4 Å². The van der Waals surface area contributed by atoms with E-state index in [1.165, 1.54) is 0 Å². The first-order valence-corrected chi connectivity index (χ1v) is 9.63. The van der Waals surface area contributed by atoms with Crippen molar-refractivity contribution in [1.82, 2.24) is 15.2 Å². The van der Waals surface area contributed by atoms with E-state index in [0.29, 0.717) is 24.8 Å². The number of carbonyl (C=O) groups is 1. The van der Waals surface area contributed by atoms with Gasteiger partial charge in [-0.15, -0.1) is 11.3 Å². The average molecular weight is 352 g/mol. The lowest BCUT2D eigenvalue weighted by molar-refractivity contribution is -0.119. The number of likely N-dealkylation sites (tertiary alicyclic amines) is 1. The van der Waals surface area contributed by atoms with Gasteiger partial charge in [0.25, 0.3) is 0 Å². The maximum absolute atomic E-state index is 11.2. The fourth-order valence-corrected chi connectivity index (χ4v) is 3.78. The van der Waals surface area contributed by atoms with Gasteiger partial charge < -0.3 is 16.0 Å². The van der Waals surface area contributed by atoms with Crippen molar-refractivity contribution in [2.45, 2.75) is 52.5 Å². The summed E-state index contributed by atoms with van der Waals surface area (Å²) in [6, 6.07) is 0. The van der Waals surface area contributed by atoms with Crippen LogP contribution in [0, 0.1) is 5.92 Å². The number of rotatable bonds is 6. The standard InChI is InChI=1S/C17H29N5OS/c1-4-19-17(20-9-14-11-24-16(21-14)12(2)3)22-7-5-6-13(10-22)8-15(18)23/h11-13H,4-10H2,1-3H3,(H2,18,23)(H,19,20). The van der Waals surface area contributed by atoms with Crippen LogP contribution in [0.5, 0.6) is 0 Å². The number of nitrogens with one attached hydrogen (secondary N) is 1. The number of hydrogen-bond donors (Lipinski definition) is 2. The van der Waals surface area contributed by atoms with E-state index in [-0.39, 0.29) is 5.91 Å². The summed E-state index contributed by atoms with van der Waals surface area (Å²) in [6.45, 7) is 9.59. The monoisotopic (exact) mass is 351 g/mol. The van der Waals surface area contributed by atoms with E-state index in [1.807, 2.05) is 0 Å². The molecule has 2 heterocycles. The molecule has 2 rings (SSSR count). The normalized spacial score (nSPS) is 18.9. The van der Waals surface area contributed by atoms with Gasteiger partial charge in [0.05, 0.1) is 17.2 Å². The Balaban J connectivity index is 2.02. The molecule has 1 unspecified atom stereocenters. The van der Waals surface area contributed by atoms with Crippen LogP contribution in [-0.2, 0) is 11.3 Å². The lowest BCUT2D eigenvalue weighted by Crippen LogP contribution is -2.47. The number of primary amides is 1. The van der Waals surface area contributed by atoms with E-state index < -0.39 is 0 Å². The number of amides is 1. The van der Waals surface area contributed by atoms with Crippen molar-refractivity contribution in [1.29, 1.82) is 0 Å². The first kappa shape index (κ1) is 18.7. The zero-order chi connectivity index (χ0) is 17.5. The Labute approximate surface area is 148 Å².